The smallest absolute Gasteiger partial charge is 0.320 e. The van der Waals surface area contributed by atoms with Gasteiger partial charge in [-0.05, 0) is 49.9 Å². The van der Waals surface area contributed by atoms with Gasteiger partial charge in [-0.2, -0.15) is 11.8 Å². The molecule has 2 heterocycles. The van der Waals surface area contributed by atoms with Crippen LogP contribution in [0.5, 0.6) is 0 Å². The zero-order valence-electron chi connectivity index (χ0n) is 19.5. The fourth-order valence-corrected chi connectivity index (χ4v) is 10.2. The monoisotopic (exact) mass is 500 g/mol. The minimum Gasteiger partial charge on any atom is -0.460 e. The summed E-state index contributed by atoms with van der Waals surface area (Å²) in [7, 11) is -3.46. The van der Waals surface area contributed by atoms with Crippen molar-refractivity contribution < 1.29 is 27.5 Å². The lowest BCUT2D eigenvalue weighted by Gasteiger charge is -2.39. The molecule has 8 nitrogen and oxygen atoms in total. The zero-order chi connectivity index (χ0) is 23.4. The average Bonchev–Trinajstić information content (AvgIpc) is 3.51. The Hall–Kier alpha value is -0.840. The van der Waals surface area contributed by atoms with Crippen LogP contribution in [0.2, 0.25) is 0 Å². The quantitative estimate of drug-likeness (QED) is 0.550. The molecule has 2 bridgehead atoms. The van der Waals surface area contributed by atoms with Crippen molar-refractivity contribution in [3.63, 3.8) is 0 Å². The van der Waals surface area contributed by atoms with Gasteiger partial charge in [-0.15, -0.1) is 0 Å². The summed E-state index contributed by atoms with van der Waals surface area (Å²) in [6, 6.07) is 0. The summed E-state index contributed by atoms with van der Waals surface area (Å²) in [6.07, 6.45) is 3.72. The average molecular weight is 501 g/mol. The van der Waals surface area contributed by atoms with E-state index in [4.69, 9.17) is 9.47 Å². The molecule has 1 N–H and O–H groups in total. The summed E-state index contributed by atoms with van der Waals surface area (Å²) in [6.45, 7) is 6.45. The lowest BCUT2D eigenvalue weighted by atomic mass is 9.79. The highest BCUT2D eigenvalue weighted by molar-refractivity contribution is 7.99. The zero-order valence-corrected chi connectivity index (χ0v) is 21.2. The molecule has 0 aromatic rings. The molecular formula is C23H36N2O6S2. The molecule has 2 aliphatic heterocycles. The van der Waals surface area contributed by atoms with Gasteiger partial charge in [0.05, 0.1) is 17.7 Å². The Morgan fingerprint density at radius 2 is 1.82 bits per heavy atom. The fraction of sp³-hybridized carbons (Fsp3) is 0.913. The minimum absolute atomic E-state index is 0.112. The second-order valence-electron chi connectivity index (χ2n) is 10.8. The third kappa shape index (κ3) is 4.23. The van der Waals surface area contributed by atoms with Crippen LogP contribution in [-0.2, 0) is 29.1 Å². The minimum atomic E-state index is -3.46. The van der Waals surface area contributed by atoms with Crippen LogP contribution in [0.1, 0.15) is 46.0 Å². The Morgan fingerprint density at radius 1 is 1.12 bits per heavy atom. The fourth-order valence-electron chi connectivity index (χ4n) is 7.10. The molecule has 33 heavy (non-hydrogen) atoms. The Balaban J connectivity index is 1.36. The van der Waals surface area contributed by atoms with Crippen LogP contribution >= 0.6 is 11.8 Å². The number of ether oxygens (including phenoxy) is 2. The van der Waals surface area contributed by atoms with Gasteiger partial charge in [0.1, 0.15) is 11.7 Å². The first-order valence-corrected chi connectivity index (χ1v) is 15.1. The summed E-state index contributed by atoms with van der Waals surface area (Å²) in [5.41, 5.74) is -0.495. The van der Waals surface area contributed by atoms with Crippen molar-refractivity contribution in [3.8, 4) is 0 Å². The van der Waals surface area contributed by atoms with Gasteiger partial charge in [0.2, 0.25) is 10.0 Å². The lowest BCUT2D eigenvalue weighted by Crippen LogP contribution is -2.50. The van der Waals surface area contributed by atoms with Crippen LogP contribution in [0.4, 0.5) is 0 Å². The molecular weight excluding hydrogens is 464 g/mol. The lowest BCUT2D eigenvalue weighted by molar-refractivity contribution is -0.181. The number of carbonyl (C=O) groups is 2. The van der Waals surface area contributed by atoms with E-state index >= 15 is 0 Å². The number of nitrogens with zero attached hydrogens (tertiary/aromatic N) is 1. The molecule has 0 amide bonds. The van der Waals surface area contributed by atoms with E-state index in [0.29, 0.717) is 13.0 Å². The highest BCUT2D eigenvalue weighted by Gasteiger charge is 2.68. The summed E-state index contributed by atoms with van der Waals surface area (Å²) in [5.74, 6) is 0.200. The molecule has 0 aromatic heterocycles. The van der Waals surface area contributed by atoms with Crippen molar-refractivity contribution in [2.45, 2.75) is 62.9 Å². The maximum absolute atomic E-state index is 13.6. The molecule has 5 fully saturated rings. The van der Waals surface area contributed by atoms with Gasteiger partial charge in [-0.1, -0.05) is 13.8 Å². The molecule has 0 aromatic carbocycles. The van der Waals surface area contributed by atoms with Crippen molar-refractivity contribution in [1.29, 1.82) is 0 Å². The largest absolute Gasteiger partial charge is 0.460 e. The van der Waals surface area contributed by atoms with Crippen LogP contribution in [0.25, 0.3) is 0 Å². The number of sulfonamides is 1. The molecule has 6 unspecified atom stereocenters. The van der Waals surface area contributed by atoms with Gasteiger partial charge in [-0.25, -0.2) is 13.1 Å². The van der Waals surface area contributed by atoms with Crippen molar-refractivity contribution in [2.24, 2.45) is 29.6 Å². The van der Waals surface area contributed by atoms with Crippen molar-refractivity contribution in [2.75, 3.05) is 37.7 Å². The Morgan fingerprint density at radius 3 is 2.48 bits per heavy atom. The van der Waals surface area contributed by atoms with Gasteiger partial charge in [0.15, 0.2) is 0 Å². The highest BCUT2D eigenvalue weighted by atomic mass is 32.2. The third-order valence-electron chi connectivity index (χ3n) is 8.86. The summed E-state index contributed by atoms with van der Waals surface area (Å²) in [4.78, 5) is 28.6. The molecule has 5 aliphatic rings. The topological polar surface area (TPSA) is 102 Å². The number of thioether (sulfide) groups is 1. The van der Waals surface area contributed by atoms with Crippen molar-refractivity contribution >= 4 is 33.7 Å². The van der Waals surface area contributed by atoms with Crippen LogP contribution in [-0.4, -0.2) is 79.9 Å². The maximum Gasteiger partial charge on any atom is 0.320 e. The van der Waals surface area contributed by atoms with E-state index in [1.54, 1.807) is 0 Å². The number of nitrogens with one attached hydrogen (secondary N) is 1. The second-order valence-corrected chi connectivity index (χ2v) is 13.9. The van der Waals surface area contributed by atoms with Gasteiger partial charge in [0.25, 0.3) is 0 Å². The van der Waals surface area contributed by atoms with Gasteiger partial charge in [0, 0.05) is 37.1 Å². The standard InChI is InChI=1S/C23H36N2O6S2/c1-14(2)23(5-3-4-6-23)31-22(27)19-16-11-15(17-12-24-33(28,29)21(16)17)20(19)30-18(26)13-25-7-9-32-10-8-25/h14-17,19-21,24H,3-13H2,1-2H3. The third-order valence-corrected chi connectivity index (χ3v) is 11.8. The van der Waals surface area contributed by atoms with E-state index in [0.717, 1.165) is 50.3 Å². The van der Waals surface area contributed by atoms with Gasteiger partial charge >= 0.3 is 11.9 Å². The van der Waals surface area contributed by atoms with E-state index in [9.17, 15) is 18.0 Å². The molecule has 5 rings (SSSR count). The molecule has 10 heteroatoms. The van der Waals surface area contributed by atoms with Crippen molar-refractivity contribution in [3.05, 3.63) is 0 Å². The molecule has 186 valence electrons. The molecule has 0 spiro atoms. The van der Waals surface area contributed by atoms with Crippen LogP contribution in [0.15, 0.2) is 0 Å². The van der Waals surface area contributed by atoms with E-state index in [1.807, 2.05) is 11.8 Å². The molecule has 3 aliphatic carbocycles. The number of rotatable bonds is 6. The van der Waals surface area contributed by atoms with Crippen molar-refractivity contribution in [1.82, 2.24) is 9.62 Å². The summed E-state index contributed by atoms with van der Waals surface area (Å²) in [5, 5.41) is -0.590. The van der Waals surface area contributed by atoms with Gasteiger partial charge < -0.3 is 9.47 Å². The molecule has 3 saturated carbocycles. The van der Waals surface area contributed by atoms with Crippen LogP contribution in [0.3, 0.4) is 0 Å². The summed E-state index contributed by atoms with van der Waals surface area (Å²) < 4.78 is 40.3. The molecule has 2 saturated heterocycles. The summed E-state index contributed by atoms with van der Waals surface area (Å²) >= 11 is 1.88. The molecule has 0 radical (unpaired) electrons. The SMILES string of the molecule is CC(C)C1(OC(=O)C2C3CC(C4CNS(=O)(=O)C43)C2OC(=O)CN2CCSCC2)CCCC1. The van der Waals surface area contributed by atoms with Gasteiger partial charge in [-0.3, -0.25) is 14.5 Å². The van der Waals surface area contributed by atoms with E-state index in [1.165, 1.54) is 0 Å². The Bertz CT molecular complexity index is 881. The van der Waals surface area contributed by atoms with E-state index in [-0.39, 0.29) is 42.2 Å². The number of hydrogen-bond donors (Lipinski definition) is 1. The first kappa shape index (κ1) is 23.9. The van der Waals surface area contributed by atoms with Crippen LogP contribution in [0, 0.1) is 29.6 Å². The predicted molar refractivity (Wildman–Crippen MR) is 125 cm³/mol. The first-order chi connectivity index (χ1) is 15.7. The predicted octanol–water partition coefficient (Wildman–Crippen LogP) is 1.64. The first-order valence-electron chi connectivity index (χ1n) is 12.4. The van der Waals surface area contributed by atoms with Crippen LogP contribution < -0.4 is 4.72 Å². The number of esters is 2. The molecule has 6 atom stereocenters. The Kier molecular flexibility index (Phi) is 6.50. The number of fused-ring (bicyclic) bond motifs is 5. The van der Waals surface area contributed by atoms with E-state index < -0.39 is 32.9 Å². The number of carbonyl (C=O) groups excluding carboxylic acids is 2. The van der Waals surface area contributed by atoms with E-state index in [2.05, 4.69) is 23.5 Å². The second kappa shape index (κ2) is 8.99. The highest BCUT2D eigenvalue weighted by Crippen LogP contribution is 2.57. The Labute approximate surface area is 200 Å². The maximum atomic E-state index is 13.6. The number of hydrogen-bond acceptors (Lipinski definition) is 8. The normalized spacial score (nSPS) is 39.0.